The third-order valence-corrected chi connectivity index (χ3v) is 5.39. The van der Waals surface area contributed by atoms with Gasteiger partial charge in [-0.3, -0.25) is 4.79 Å². The number of nitrogens with zero attached hydrogens (tertiary/aromatic N) is 4. The maximum Gasteiger partial charge on any atom is 0.257 e. The Kier molecular flexibility index (Phi) is 5.53. The van der Waals surface area contributed by atoms with Crippen LogP contribution < -0.4 is 14.4 Å². The molecule has 8 heteroatoms. The monoisotopic (exact) mass is 398 g/mol. The summed E-state index contributed by atoms with van der Waals surface area (Å²) < 4.78 is 16.2. The Morgan fingerprint density at radius 3 is 2.62 bits per heavy atom. The van der Waals surface area contributed by atoms with Gasteiger partial charge < -0.3 is 24.0 Å². The maximum absolute atomic E-state index is 13.3. The van der Waals surface area contributed by atoms with Gasteiger partial charge in [-0.05, 0) is 19.1 Å². The van der Waals surface area contributed by atoms with E-state index in [2.05, 4.69) is 9.88 Å². The van der Waals surface area contributed by atoms with E-state index in [0.717, 1.165) is 36.0 Å². The van der Waals surface area contributed by atoms with E-state index in [-0.39, 0.29) is 5.91 Å². The molecule has 2 aromatic rings. The molecule has 2 aliphatic rings. The van der Waals surface area contributed by atoms with Crippen LogP contribution in [-0.2, 0) is 17.7 Å². The van der Waals surface area contributed by atoms with Gasteiger partial charge in [0.05, 0.1) is 45.2 Å². The molecule has 3 heterocycles. The van der Waals surface area contributed by atoms with Crippen molar-refractivity contribution in [3.05, 3.63) is 40.8 Å². The van der Waals surface area contributed by atoms with Gasteiger partial charge in [0.15, 0.2) is 0 Å². The Labute approximate surface area is 170 Å². The molecule has 2 aliphatic heterocycles. The molecule has 0 N–H and O–H groups in total. The first-order valence-corrected chi connectivity index (χ1v) is 9.81. The van der Waals surface area contributed by atoms with Crippen LogP contribution in [0.1, 0.15) is 27.4 Å². The normalized spacial score (nSPS) is 16.4. The highest BCUT2D eigenvalue weighted by Crippen LogP contribution is 2.30. The Balaban J connectivity index is 1.64. The van der Waals surface area contributed by atoms with Gasteiger partial charge in [0.1, 0.15) is 23.1 Å². The molecule has 0 radical (unpaired) electrons. The van der Waals surface area contributed by atoms with E-state index >= 15 is 0 Å². The molecular weight excluding hydrogens is 372 g/mol. The first kappa shape index (κ1) is 19.4. The number of ether oxygens (including phenoxy) is 3. The zero-order valence-corrected chi connectivity index (χ0v) is 17.1. The summed E-state index contributed by atoms with van der Waals surface area (Å²) in [7, 11) is 3.15. The van der Waals surface area contributed by atoms with Crippen molar-refractivity contribution in [1.29, 1.82) is 0 Å². The number of anilines is 1. The van der Waals surface area contributed by atoms with Gasteiger partial charge in [0, 0.05) is 37.7 Å². The Morgan fingerprint density at radius 2 is 1.90 bits per heavy atom. The molecule has 8 nitrogen and oxygen atoms in total. The lowest BCUT2D eigenvalue weighted by atomic mass is 10.0. The lowest BCUT2D eigenvalue weighted by Crippen LogP contribution is -2.41. The maximum atomic E-state index is 13.3. The molecule has 154 valence electrons. The van der Waals surface area contributed by atoms with E-state index in [1.165, 1.54) is 0 Å². The molecule has 1 aromatic carbocycles. The van der Waals surface area contributed by atoms with Crippen LogP contribution in [0.4, 0.5) is 5.82 Å². The number of carbonyl (C=O) groups is 1. The number of morpholine rings is 1. The summed E-state index contributed by atoms with van der Waals surface area (Å²) in [5.74, 6) is 2.79. The van der Waals surface area contributed by atoms with Crippen molar-refractivity contribution in [2.75, 3.05) is 52.0 Å². The van der Waals surface area contributed by atoms with Crippen LogP contribution in [0, 0.1) is 6.92 Å². The highest BCUT2D eigenvalue weighted by Gasteiger charge is 2.29. The van der Waals surface area contributed by atoms with E-state index in [1.807, 2.05) is 11.8 Å². The molecule has 0 atom stereocenters. The molecule has 0 unspecified atom stereocenters. The van der Waals surface area contributed by atoms with E-state index in [4.69, 9.17) is 19.2 Å². The van der Waals surface area contributed by atoms with Gasteiger partial charge in [0.2, 0.25) is 0 Å². The molecule has 29 heavy (non-hydrogen) atoms. The first-order chi connectivity index (χ1) is 14.1. The van der Waals surface area contributed by atoms with Crippen molar-refractivity contribution in [2.24, 2.45) is 0 Å². The fraction of sp³-hybridized carbons (Fsp3) is 0.476. The van der Waals surface area contributed by atoms with Gasteiger partial charge >= 0.3 is 0 Å². The van der Waals surface area contributed by atoms with E-state index in [9.17, 15) is 4.79 Å². The second kappa shape index (κ2) is 8.24. The second-order valence-electron chi connectivity index (χ2n) is 7.16. The summed E-state index contributed by atoms with van der Waals surface area (Å²) in [5, 5.41) is 0. The third kappa shape index (κ3) is 3.85. The summed E-state index contributed by atoms with van der Waals surface area (Å²) in [4.78, 5) is 26.7. The summed E-state index contributed by atoms with van der Waals surface area (Å²) in [6, 6.07) is 5.26. The summed E-state index contributed by atoms with van der Waals surface area (Å²) >= 11 is 0. The molecule has 1 saturated heterocycles. The van der Waals surface area contributed by atoms with Crippen LogP contribution in [0.5, 0.6) is 11.5 Å². The number of benzene rings is 1. The Morgan fingerprint density at radius 1 is 1.10 bits per heavy atom. The van der Waals surface area contributed by atoms with Crippen molar-refractivity contribution in [3.63, 3.8) is 0 Å². The minimum absolute atomic E-state index is 0.0661. The number of rotatable bonds is 4. The summed E-state index contributed by atoms with van der Waals surface area (Å²) in [6.45, 7) is 5.97. The van der Waals surface area contributed by atoms with Crippen LogP contribution in [0.25, 0.3) is 0 Å². The van der Waals surface area contributed by atoms with Crippen molar-refractivity contribution in [1.82, 2.24) is 14.9 Å². The summed E-state index contributed by atoms with van der Waals surface area (Å²) in [6.07, 6.45) is 0.709. The van der Waals surface area contributed by atoms with Crippen LogP contribution in [0.15, 0.2) is 18.2 Å². The van der Waals surface area contributed by atoms with Crippen LogP contribution in [0.2, 0.25) is 0 Å². The van der Waals surface area contributed by atoms with Gasteiger partial charge in [-0.1, -0.05) is 0 Å². The highest BCUT2D eigenvalue weighted by atomic mass is 16.5. The lowest BCUT2D eigenvalue weighted by molar-refractivity contribution is 0.0729. The molecule has 0 bridgehead atoms. The predicted molar refractivity (Wildman–Crippen MR) is 108 cm³/mol. The molecule has 4 rings (SSSR count). The SMILES string of the molecule is COc1ccc(C(=O)N2CCc3nc(C)nc(N4CCOCC4)c3C2)c(OC)c1. The molecule has 0 saturated carbocycles. The summed E-state index contributed by atoms with van der Waals surface area (Å²) in [5.41, 5.74) is 2.59. The van der Waals surface area contributed by atoms with E-state index in [1.54, 1.807) is 32.4 Å². The lowest BCUT2D eigenvalue weighted by Gasteiger charge is -2.34. The van der Waals surface area contributed by atoms with Gasteiger partial charge in [-0.15, -0.1) is 0 Å². The van der Waals surface area contributed by atoms with Crippen molar-refractivity contribution < 1.29 is 19.0 Å². The average molecular weight is 398 g/mol. The van der Waals surface area contributed by atoms with E-state index < -0.39 is 0 Å². The minimum atomic E-state index is -0.0661. The largest absolute Gasteiger partial charge is 0.497 e. The number of hydrogen-bond acceptors (Lipinski definition) is 7. The zero-order chi connectivity index (χ0) is 20.4. The standard InChI is InChI=1S/C21H26N4O4/c1-14-22-18-6-7-25(13-17(18)20(23-14)24-8-10-29-11-9-24)21(26)16-5-4-15(27-2)12-19(16)28-3/h4-5,12H,6-11,13H2,1-3H3. The van der Waals surface area contributed by atoms with Gasteiger partial charge in [-0.2, -0.15) is 0 Å². The number of methoxy groups -OCH3 is 2. The first-order valence-electron chi connectivity index (χ1n) is 9.81. The van der Waals surface area contributed by atoms with Crippen LogP contribution in [-0.4, -0.2) is 67.8 Å². The number of fused-ring (bicyclic) bond motifs is 1. The molecule has 1 fully saturated rings. The number of amides is 1. The number of aromatic nitrogens is 2. The van der Waals surface area contributed by atoms with Crippen LogP contribution in [0.3, 0.4) is 0 Å². The van der Waals surface area contributed by atoms with Gasteiger partial charge in [-0.25, -0.2) is 9.97 Å². The minimum Gasteiger partial charge on any atom is -0.497 e. The molecule has 1 amide bonds. The van der Waals surface area contributed by atoms with Crippen molar-refractivity contribution >= 4 is 11.7 Å². The number of hydrogen-bond donors (Lipinski definition) is 0. The topological polar surface area (TPSA) is 77.0 Å². The van der Waals surface area contributed by atoms with Crippen molar-refractivity contribution in [3.8, 4) is 11.5 Å². The average Bonchev–Trinajstić information content (AvgIpc) is 2.77. The molecule has 0 spiro atoms. The Bertz CT molecular complexity index is 912. The predicted octanol–water partition coefficient (Wildman–Crippen LogP) is 1.84. The number of carbonyl (C=O) groups excluding carboxylic acids is 1. The van der Waals surface area contributed by atoms with Crippen molar-refractivity contribution in [2.45, 2.75) is 19.9 Å². The fourth-order valence-electron chi connectivity index (χ4n) is 3.87. The Hall–Kier alpha value is -2.87. The smallest absolute Gasteiger partial charge is 0.257 e. The van der Waals surface area contributed by atoms with Gasteiger partial charge in [0.25, 0.3) is 5.91 Å². The molecular formula is C21H26N4O4. The highest BCUT2D eigenvalue weighted by molar-refractivity contribution is 5.97. The quantitative estimate of drug-likeness (QED) is 0.778. The van der Waals surface area contributed by atoms with E-state index in [0.29, 0.717) is 49.8 Å². The zero-order valence-electron chi connectivity index (χ0n) is 17.1. The third-order valence-electron chi connectivity index (χ3n) is 5.39. The number of aryl methyl sites for hydroxylation is 1. The fourth-order valence-corrected chi connectivity index (χ4v) is 3.87. The second-order valence-corrected chi connectivity index (χ2v) is 7.16. The molecule has 1 aromatic heterocycles. The molecule has 0 aliphatic carbocycles. The van der Waals surface area contributed by atoms with Crippen LogP contribution >= 0.6 is 0 Å².